The Hall–Kier alpha value is -0.610. The summed E-state index contributed by atoms with van der Waals surface area (Å²) in [5, 5.41) is 3.55. The molecule has 1 fully saturated rings. The van der Waals surface area contributed by atoms with E-state index in [4.69, 9.17) is 5.73 Å². The van der Waals surface area contributed by atoms with Crippen LogP contribution < -0.4 is 11.1 Å². The number of hydrogen-bond donors (Lipinski definition) is 2. The fourth-order valence-electron chi connectivity index (χ4n) is 3.08. The van der Waals surface area contributed by atoms with Gasteiger partial charge in [-0.3, -0.25) is 0 Å². The van der Waals surface area contributed by atoms with Gasteiger partial charge in [-0.15, -0.1) is 0 Å². The zero-order valence-corrected chi connectivity index (χ0v) is 12.3. The van der Waals surface area contributed by atoms with Gasteiger partial charge < -0.3 is 11.1 Å². The Morgan fingerprint density at radius 3 is 2.94 bits per heavy atom. The molecule has 1 aliphatic rings. The fraction of sp³-hybridized carbons (Fsp3) is 0.571. The van der Waals surface area contributed by atoms with E-state index in [2.05, 4.69) is 28.2 Å². The predicted molar refractivity (Wildman–Crippen MR) is 77.1 cm³/mol. The van der Waals surface area contributed by atoms with Crippen LogP contribution in [0.5, 0.6) is 0 Å². The molecule has 1 aliphatic carbocycles. The van der Waals surface area contributed by atoms with Crippen molar-refractivity contribution in [2.45, 2.75) is 38.1 Å². The van der Waals surface area contributed by atoms with Gasteiger partial charge in [0.05, 0.1) is 10.0 Å². The van der Waals surface area contributed by atoms with Crippen LogP contribution in [0.2, 0.25) is 0 Å². The minimum absolute atomic E-state index is 0.0218. The molecule has 0 spiro atoms. The molecule has 1 aromatic carbocycles. The van der Waals surface area contributed by atoms with Crippen LogP contribution in [0.4, 0.5) is 10.1 Å². The smallest absolute Gasteiger partial charge is 0.137 e. The summed E-state index contributed by atoms with van der Waals surface area (Å²) < 4.78 is 13.7. The first-order valence-corrected chi connectivity index (χ1v) is 7.34. The van der Waals surface area contributed by atoms with Crippen LogP contribution in [0.1, 0.15) is 32.6 Å². The molecular weight excluding hydrogens is 295 g/mol. The molecule has 0 heterocycles. The third kappa shape index (κ3) is 2.54. The van der Waals surface area contributed by atoms with Crippen LogP contribution >= 0.6 is 15.9 Å². The third-order valence-electron chi connectivity index (χ3n) is 4.13. The van der Waals surface area contributed by atoms with Crippen LogP contribution in [0.15, 0.2) is 22.7 Å². The number of benzene rings is 1. The monoisotopic (exact) mass is 314 g/mol. The zero-order chi connectivity index (χ0) is 13.2. The van der Waals surface area contributed by atoms with E-state index in [9.17, 15) is 4.39 Å². The SMILES string of the molecule is CCC1CCCC1(CN)Nc1ccc(F)c(Br)c1. The van der Waals surface area contributed by atoms with Gasteiger partial charge in [-0.05, 0) is 52.9 Å². The van der Waals surface area contributed by atoms with Crippen molar-refractivity contribution in [3.63, 3.8) is 0 Å². The van der Waals surface area contributed by atoms with Crippen molar-refractivity contribution in [3.8, 4) is 0 Å². The lowest BCUT2D eigenvalue weighted by molar-refractivity contribution is 0.346. The molecule has 0 bridgehead atoms. The second-order valence-electron chi connectivity index (χ2n) is 5.11. The molecule has 2 unspecified atom stereocenters. The Kier molecular flexibility index (Phi) is 4.28. The first kappa shape index (κ1) is 13.8. The van der Waals surface area contributed by atoms with E-state index in [-0.39, 0.29) is 11.4 Å². The molecule has 0 amide bonds. The second kappa shape index (κ2) is 5.57. The largest absolute Gasteiger partial charge is 0.378 e. The summed E-state index contributed by atoms with van der Waals surface area (Å²) in [5.74, 6) is 0.368. The van der Waals surface area contributed by atoms with Gasteiger partial charge in [0.2, 0.25) is 0 Å². The maximum Gasteiger partial charge on any atom is 0.137 e. The molecule has 1 aromatic rings. The van der Waals surface area contributed by atoms with Crippen LogP contribution in [-0.2, 0) is 0 Å². The lowest BCUT2D eigenvalue weighted by atomic mass is 9.85. The van der Waals surface area contributed by atoms with Gasteiger partial charge in [0.25, 0.3) is 0 Å². The maximum atomic E-state index is 13.2. The lowest BCUT2D eigenvalue weighted by Gasteiger charge is -2.36. The van der Waals surface area contributed by atoms with E-state index in [0.29, 0.717) is 16.9 Å². The summed E-state index contributed by atoms with van der Waals surface area (Å²) in [6.45, 7) is 2.84. The number of hydrogen-bond acceptors (Lipinski definition) is 2. The molecule has 2 rings (SSSR count). The average Bonchev–Trinajstić information content (AvgIpc) is 2.77. The Morgan fingerprint density at radius 2 is 2.33 bits per heavy atom. The summed E-state index contributed by atoms with van der Waals surface area (Å²) in [7, 11) is 0. The Morgan fingerprint density at radius 1 is 1.56 bits per heavy atom. The second-order valence-corrected chi connectivity index (χ2v) is 5.97. The first-order valence-electron chi connectivity index (χ1n) is 6.54. The number of halogens is 2. The van der Waals surface area contributed by atoms with Gasteiger partial charge in [-0.2, -0.15) is 0 Å². The molecular formula is C14H20BrFN2. The molecule has 0 saturated heterocycles. The van der Waals surface area contributed by atoms with Gasteiger partial charge in [0.1, 0.15) is 5.82 Å². The van der Waals surface area contributed by atoms with Crippen molar-refractivity contribution < 1.29 is 4.39 Å². The summed E-state index contributed by atoms with van der Waals surface area (Å²) in [5.41, 5.74) is 6.92. The van der Waals surface area contributed by atoms with Crippen molar-refractivity contribution in [2.24, 2.45) is 11.7 Å². The number of nitrogens with one attached hydrogen (secondary N) is 1. The van der Waals surface area contributed by atoms with Gasteiger partial charge in [0, 0.05) is 12.2 Å². The summed E-state index contributed by atoms with van der Waals surface area (Å²) in [6, 6.07) is 5.05. The highest BCUT2D eigenvalue weighted by Crippen LogP contribution is 2.40. The molecule has 18 heavy (non-hydrogen) atoms. The summed E-state index contributed by atoms with van der Waals surface area (Å²) in [6.07, 6.45) is 4.66. The van der Waals surface area contributed by atoms with Crippen LogP contribution in [0.3, 0.4) is 0 Å². The molecule has 1 saturated carbocycles. The van der Waals surface area contributed by atoms with Crippen LogP contribution in [-0.4, -0.2) is 12.1 Å². The van der Waals surface area contributed by atoms with Crippen molar-refractivity contribution in [1.29, 1.82) is 0 Å². The zero-order valence-electron chi connectivity index (χ0n) is 10.7. The fourth-order valence-corrected chi connectivity index (χ4v) is 3.46. The minimum atomic E-state index is -0.235. The quantitative estimate of drug-likeness (QED) is 0.884. The average molecular weight is 315 g/mol. The molecule has 2 atom stereocenters. The molecule has 4 heteroatoms. The van der Waals surface area contributed by atoms with E-state index < -0.39 is 0 Å². The van der Waals surface area contributed by atoms with Gasteiger partial charge >= 0.3 is 0 Å². The molecule has 0 radical (unpaired) electrons. The van der Waals surface area contributed by atoms with Gasteiger partial charge in [0.15, 0.2) is 0 Å². The van der Waals surface area contributed by atoms with Crippen molar-refractivity contribution in [2.75, 3.05) is 11.9 Å². The molecule has 100 valence electrons. The van der Waals surface area contributed by atoms with E-state index in [1.807, 2.05) is 0 Å². The first-order chi connectivity index (χ1) is 8.61. The third-order valence-corrected chi connectivity index (χ3v) is 4.73. The normalized spacial score (nSPS) is 27.4. The predicted octanol–water partition coefficient (Wildman–Crippen LogP) is 3.91. The maximum absolute atomic E-state index is 13.2. The van der Waals surface area contributed by atoms with Crippen LogP contribution in [0.25, 0.3) is 0 Å². The molecule has 0 aliphatic heterocycles. The molecule has 0 aromatic heterocycles. The van der Waals surface area contributed by atoms with E-state index in [0.717, 1.165) is 18.5 Å². The molecule has 2 nitrogen and oxygen atoms in total. The lowest BCUT2D eigenvalue weighted by Crippen LogP contribution is -2.48. The highest BCUT2D eigenvalue weighted by Gasteiger charge is 2.40. The van der Waals surface area contributed by atoms with E-state index in [1.165, 1.54) is 18.9 Å². The number of anilines is 1. The standard InChI is InChI=1S/C14H20BrFN2/c1-2-10-4-3-7-14(10,9-17)18-11-5-6-13(16)12(15)8-11/h5-6,8,10,18H,2-4,7,9,17H2,1H3. The van der Waals surface area contributed by atoms with E-state index >= 15 is 0 Å². The summed E-state index contributed by atoms with van der Waals surface area (Å²) >= 11 is 3.22. The van der Waals surface area contributed by atoms with Crippen LogP contribution in [0, 0.1) is 11.7 Å². The Balaban J connectivity index is 2.22. The van der Waals surface area contributed by atoms with Gasteiger partial charge in [-0.25, -0.2) is 4.39 Å². The Bertz CT molecular complexity index is 424. The highest BCUT2D eigenvalue weighted by atomic mass is 79.9. The topological polar surface area (TPSA) is 38.0 Å². The molecule has 3 N–H and O–H groups in total. The Labute approximate surface area is 116 Å². The number of rotatable bonds is 4. The van der Waals surface area contributed by atoms with Crippen molar-refractivity contribution in [1.82, 2.24) is 0 Å². The van der Waals surface area contributed by atoms with E-state index in [1.54, 1.807) is 12.1 Å². The number of nitrogens with two attached hydrogens (primary N) is 1. The van der Waals surface area contributed by atoms with Gasteiger partial charge in [-0.1, -0.05) is 19.8 Å². The van der Waals surface area contributed by atoms with Crippen molar-refractivity contribution >= 4 is 21.6 Å². The summed E-state index contributed by atoms with van der Waals surface area (Å²) in [4.78, 5) is 0. The van der Waals surface area contributed by atoms with Crippen molar-refractivity contribution in [3.05, 3.63) is 28.5 Å². The minimum Gasteiger partial charge on any atom is -0.378 e. The highest BCUT2D eigenvalue weighted by molar-refractivity contribution is 9.10.